The van der Waals surface area contributed by atoms with Crippen LogP contribution in [0.25, 0.3) is 10.9 Å². The highest BCUT2D eigenvalue weighted by atomic mass is 19.3. The predicted molar refractivity (Wildman–Crippen MR) is 134 cm³/mol. The quantitative estimate of drug-likeness (QED) is 0.258. The van der Waals surface area contributed by atoms with Crippen LogP contribution in [-0.4, -0.2) is 47.1 Å². The van der Waals surface area contributed by atoms with Crippen LogP contribution in [0.5, 0.6) is 11.5 Å². The first-order chi connectivity index (χ1) is 17.0. The Balaban J connectivity index is 1.59. The third-order valence-electron chi connectivity index (χ3n) is 5.92. The van der Waals surface area contributed by atoms with Crippen LogP contribution in [0.15, 0.2) is 30.3 Å². The number of aryl methyl sites for hydroxylation is 1. The fourth-order valence-corrected chi connectivity index (χ4v) is 3.80. The highest BCUT2D eigenvalue weighted by Gasteiger charge is 2.47. The van der Waals surface area contributed by atoms with Gasteiger partial charge in [-0.15, -0.1) is 0 Å². The van der Waals surface area contributed by atoms with Gasteiger partial charge in [0.1, 0.15) is 23.9 Å². The monoisotopic (exact) mass is 502 g/mol. The number of rotatable bonds is 11. The molecule has 4 N–H and O–H groups in total. The number of methoxy groups -OCH3 is 1. The van der Waals surface area contributed by atoms with Crippen molar-refractivity contribution < 1.29 is 28.1 Å². The number of ether oxygens (including phenoxy) is 3. The zero-order chi connectivity index (χ0) is 26.1. The van der Waals surface area contributed by atoms with Gasteiger partial charge in [-0.1, -0.05) is 0 Å². The summed E-state index contributed by atoms with van der Waals surface area (Å²) in [5, 5.41) is 13.9. The van der Waals surface area contributed by atoms with Crippen LogP contribution in [0.1, 0.15) is 43.6 Å². The molecule has 4 rings (SSSR count). The Labute approximate surface area is 208 Å². The summed E-state index contributed by atoms with van der Waals surface area (Å²) in [6.07, 6.45) is 2.53. The van der Waals surface area contributed by atoms with Crippen LogP contribution >= 0.6 is 0 Å². The van der Waals surface area contributed by atoms with Gasteiger partial charge in [-0.25, -0.2) is 9.97 Å². The molecule has 0 bridgehead atoms. The van der Waals surface area contributed by atoms with Gasteiger partial charge in [-0.3, -0.25) is 0 Å². The van der Waals surface area contributed by atoms with E-state index in [1.807, 2.05) is 0 Å². The van der Waals surface area contributed by atoms with Crippen LogP contribution < -0.4 is 20.5 Å². The van der Waals surface area contributed by atoms with Gasteiger partial charge in [0.15, 0.2) is 11.5 Å². The lowest BCUT2D eigenvalue weighted by Gasteiger charge is -2.29. The number of aliphatic hydroxyl groups is 1. The van der Waals surface area contributed by atoms with E-state index >= 15 is 0 Å². The Kier molecular flexibility index (Phi) is 7.19. The number of nitrogens with zero attached hydrogens (tertiary/aromatic N) is 2. The number of hydrogen-bond acceptors (Lipinski definition) is 8. The van der Waals surface area contributed by atoms with Crippen molar-refractivity contribution in [1.29, 1.82) is 0 Å². The van der Waals surface area contributed by atoms with Gasteiger partial charge in [0, 0.05) is 29.2 Å². The zero-order valence-corrected chi connectivity index (χ0v) is 20.9. The SMILES string of the molecule is COc1cc2nc(C)nc(NCc3cc(N)cc(C(F)(F)C(C)(C)O)c3)c2cc1OCCOC1CC1. The predicted octanol–water partition coefficient (Wildman–Crippen LogP) is 4.56. The van der Waals surface area contributed by atoms with Gasteiger partial charge >= 0.3 is 5.92 Å². The molecule has 10 heteroatoms. The number of aromatic nitrogens is 2. The number of nitrogen functional groups attached to an aromatic ring is 1. The molecule has 0 radical (unpaired) electrons. The van der Waals surface area contributed by atoms with Gasteiger partial charge < -0.3 is 30.4 Å². The van der Waals surface area contributed by atoms with Crippen LogP contribution in [0.3, 0.4) is 0 Å². The highest BCUT2D eigenvalue weighted by Crippen LogP contribution is 2.40. The molecule has 0 amide bonds. The molecule has 0 atom stereocenters. The highest BCUT2D eigenvalue weighted by molar-refractivity contribution is 5.91. The minimum atomic E-state index is -3.48. The lowest BCUT2D eigenvalue weighted by molar-refractivity contribution is -0.168. The van der Waals surface area contributed by atoms with E-state index in [2.05, 4.69) is 15.3 Å². The molecule has 1 fully saturated rings. The Bertz CT molecular complexity index is 1240. The van der Waals surface area contributed by atoms with Crippen molar-refractivity contribution in [2.24, 2.45) is 0 Å². The smallest absolute Gasteiger partial charge is 0.300 e. The van der Waals surface area contributed by atoms with Crippen molar-refractivity contribution in [3.05, 3.63) is 47.3 Å². The molecule has 194 valence electrons. The average molecular weight is 503 g/mol. The lowest BCUT2D eigenvalue weighted by Crippen LogP contribution is -2.40. The van der Waals surface area contributed by atoms with Gasteiger partial charge in [-0.2, -0.15) is 8.78 Å². The van der Waals surface area contributed by atoms with E-state index in [9.17, 15) is 13.9 Å². The molecule has 1 saturated carbocycles. The summed E-state index contributed by atoms with van der Waals surface area (Å²) in [7, 11) is 1.56. The molecule has 8 nitrogen and oxygen atoms in total. The summed E-state index contributed by atoms with van der Waals surface area (Å²) in [5.74, 6) is -1.39. The van der Waals surface area contributed by atoms with Gasteiger partial charge in [0.25, 0.3) is 0 Å². The number of anilines is 2. The third-order valence-corrected chi connectivity index (χ3v) is 5.92. The van der Waals surface area contributed by atoms with Crippen LogP contribution in [0.2, 0.25) is 0 Å². The van der Waals surface area contributed by atoms with Crippen LogP contribution in [-0.2, 0) is 17.2 Å². The standard InChI is InChI=1S/C26H32F2N4O4/c1-15-31-21-13-22(34-4)23(36-8-7-35-19-5-6-19)12-20(21)24(32-15)30-14-16-9-17(11-18(29)10-16)26(27,28)25(2,3)33/h9-13,19,33H,5-8,14,29H2,1-4H3,(H,30,31,32). The van der Waals surface area contributed by atoms with E-state index in [-0.39, 0.29) is 17.8 Å². The first kappa shape index (κ1) is 25.8. The molecule has 0 saturated heterocycles. The molecule has 3 aromatic rings. The fraction of sp³-hybridized carbons (Fsp3) is 0.462. The number of halogens is 2. The van der Waals surface area contributed by atoms with Crippen molar-refractivity contribution in [3.63, 3.8) is 0 Å². The second kappa shape index (κ2) is 10.0. The van der Waals surface area contributed by atoms with Crippen LogP contribution in [0.4, 0.5) is 20.3 Å². The molecular weight excluding hydrogens is 470 g/mol. The maximum absolute atomic E-state index is 14.8. The van der Waals surface area contributed by atoms with Gasteiger partial charge in [-0.05, 0) is 63.4 Å². The molecule has 36 heavy (non-hydrogen) atoms. The topological polar surface area (TPSA) is 112 Å². The average Bonchev–Trinajstić information content (AvgIpc) is 3.63. The van der Waals surface area contributed by atoms with Gasteiger partial charge in [0.05, 0.1) is 25.3 Å². The second-order valence-corrected chi connectivity index (χ2v) is 9.51. The minimum Gasteiger partial charge on any atom is -0.493 e. The first-order valence-corrected chi connectivity index (χ1v) is 11.8. The number of hydrogen-bond donors (Lipinski definition) is 3. The molecular formula is C26H32F2N4O4. The summed E-state index contributed by atoms with van der Waals surface area (Å²) in [4.78, 5) is 9.01. The van der Waals surface area contributed by atoms with Crippen LogP contribution in [0, 0.1) is 6.92 Å². The van der Waals surface area contributed by atoms with E-state index in [0.29, 0.717) is 58.9 Å². The van der Waals surface area contributed by atoms with E-state index in [1.54, 1.807) is 32.2 Å². The van der Waals surface area contributed by atoms with Crippen molar-refractivity contribution >= 4 is 22.4 Å². The largest absolute Gasteiger partial charge is 0.493 e. The molecule has 1 aliphatic carbocycles. The minimum absolute atomic E-state index is 0.170. The number of alkyl halides is 2. The summed E-state index contributed by atoms with van der Waals surface area (Å²) >= 11 is 0. The molecule has 1 heterocycles. The fourth-order valence-electron chi connectivity index (χ4n) is 3.80. The van der Waals surface area contributed by atoms with E-state index < -0.39 is 11.5 Å². The first-order valence-electron chi connectivity index (χ1n) is 11.8. The summed E-state index contributed by atoms with van der Waals surface area (Å²) < 4.78 is 46.6. The van der Waals surface area contributed by atoms with Crippen molar-refractivity contribution in [2.75, 3.05) is 31.4 Å². The second-order valence-electron chi connectivity index (χ2n) is 9.51. The summed E-state index contributed by atoms with van der Waals surface area (Å²) in [6, 6.07) is 7.67. The van der Waals surface area contributed by atoms with E-state index in [1.165, 1.54) is 12.1 Å². The number of fused-ring (bicyclic) bond motifs is 1. The Morgan fingerprint density at radius 1 is 1.08 bits per heavy atom. The molecule has 2 aromatic carbocycles. The number of nitrogens with two attached hydrogens (primary N) is 1. The van der Waals surface area contributed by atoms with Crippen molar-refractivity contribution in [2.45, 2.75) is 57.8 Å². The molecule has 1 aliphatic rings. The zero-order valence-electron chi connectivity index (χ0n) is 20.9. The number of nitrogens with one attached hydrogen (secondary N) is 1. The maximum atomic E-state index is 14.8. The molecule has 1 aromatic heterocycles. The normalized spacial score (nSPS) is 14.2. The Morgan fingerprint density at radius 3 is 2.50 bits per heavy atom. The lowest BCUT2D eigenvalue weighted by atomic mass is 9.92. The van der Waals surface area contributed by atoms with E-state index in [4.69, 9.17) is 19.9 Å². The Hall–Kier alpha value is -3.24. The number of benzene rings is 2. The Morgan fingerprint density at radius 2 is 1.83 bits per heavy atom. The maximum Gasteiger partial charge on any atom is 0.300 e. The van der Waals surface area contributed by atoms with Crippen molar-refractivity contribution in [1.82, 2.24) is 9.97 Å². The van der Waals surface area contributed by atoms with Gasteiger partial charge in [0.2, 0.25) is 0 Å². The molecule has 0 aliphatic heterocycles. The summed E-state index contributed by atoms with van der Waals surface area (Å²) in [5.41, 5.74) is 4.63. The molecule has 0 spiro atoms. The van der Waals surface area contributed by atoms with E-state index in [0.717, 1.165) is 26.7 Å². The summed E-state index contributed by atoms with van der Waals surface area (Å²) in [6.45, 7) is 4.91. The van der Waals surface area contributed by atoms with Crippen molar-refractivity contribution in [3.8, 4) is 11.5 Å². The third kappa shape index (κ3) is 5.76. The molecule has 0 unspecified atom stereocenters.